The first-order chi connectivity index (χ1) is 10.2. The molecule has 1 nitrogen and oxygen atoms in total. The summed E-state index contributed by atoms with van der Waals surface area (Å²) >= 11 is 1.79. The molecule has 3 rings (SSSR count). The highest BCUT2D eigenvalue weighted by Crippen LogP contribution is 2.34. The third kappa shape index (κ3) is 2.61. The summed E-state index contributed by atoms with van der Waals surface area (Å²) in [5, 5.41) is 10.9. The summed E-state index contributed by atoms with van der Waals surface area (Å²) in [5.41, 5.74) is 5.54. The van der Waals surface area contributed by atoms with Gasteiger partial charge in [-0.05, 0) is 64.2 Å². The van der Waals surface area contributed by atoms with Crippen molar-refractivity contribution in [1.82, 2.24) is 5.32 Å². The Hall–Kier alpha value is -1.64. The van der Waals surface area contributed by atoms with Gasteiger partial charge in [-0.25, -0.2) is 0 Å². The van der Waals surface area contributed by atoms with Crippen molar-refractivity contribution in [2.24, 2.45) is 0 Å². The Labute approximate surface area is 130 Å². The molecule has 1 unspecified atom stereocenters. The second-order valence-electron chi connectivity index (χ2n) is 5.52. The fraction of sp³-hybridized carbons (Fsp3) is 0.263. The first-order valence-electron chi connectivity index (χ1n) is 7.46. The lowest BCUT2D eigenvalue weighted by molar-refractivity contribution is 0.631. The first kappa shape index (κ1) is 14.3. The van der Waals surface area contributed by atoms with E-state index < -0.39 is 0 Å². The number of aryl methyl sites for hydroxylation is 2. The second-order valence-corrected chi connectivity index (χ2v) is 6.26. The minimum absolute atomic E-state index is 0.271. The number of hydrogen-bond acceptors (Lipinski definition) is 2. The van der Waals surface area contributed by atoms with Crippen LogP contribution in [0, 0.1) is 13.8 Å². The van der Waals surface area contributed by atoms with Crippen LogP contribution in [-0.2, 0) is 0 Å². The average molecular weight is 295 g/mol. The summed E-state index contributed by atoms with van der Waals surface area (Å²) in [4.78, 5) is 0. The molecule has 1 heterocycles. The molecule has 21 heavy (non-hydrogen) atoms. The average Bonchev–Trinajstić information content (AvgIpc) is 2.91. The molecule has 0 bridgehead atoms. The summed E-state index contributed by atoms with van der Waals surface area (Å²) in [6, 6.07) is 13.4. The van der Waals surface area contributed by atoms with Crippen LogP contribution in [0.15, 0.2) is 47.2 Å². The van der Waals surface area contributed by atoms with Gasteiger partial charge in [0, 0.05) is 0 Å². The summed E-state index contributed by atoms with van der Waals surface area (Å²) in [6.45, 7) is 7.56. The van der Waals surface area contributed by atoms with Gasteiger partial charge in [0.2, 0.25) is 0 Å². The quantitative estimate of drug-likeness (QED) is 0.696. The number of thiophene rings is 1. The van der Waals surface area contributed by atoms with Crippen LogP contribution in [0.3, 0.4) is 0 Å². The lowest BCUT2D eigenvalue weighted by Gasteiger charge is -2.23. The zero-order chi connectivity index (χ0) is 14.8. The third-order valence-electron chi connectivity index (χ3n) is 4.09. The Morgan fingerprint density at radius 2 is 1.81 bits per heavy atom. The van der Waals surface area contributed by atoms with Crippen LogP contribution in [-0.4, -0.2) is 6.54 Å². The summed E-state index contributed by atoms with van der Waals surface area (Å²) in [7, 11) is 0. The van der Waals surface area contributed by atoms with Crippen LogP contribution in [0.4, 0.5) is 0 Å². The van der Waals surface area contributed by atoms with Crippen LogP contribution in [0.25, 0.3) is 10.8 Å². The van der Waals surface area contributed by atoms with Gasteiger partial charge < -0.3 is 5.32 Å². The Bertz CT molecular complexity index is 757. The van der Waals surface area contributed by atoms with Crippen LogP contribution in [0.2, 0.25) is 0 Å². The van der Waals surface area contributed by atoms with E-state index in [1.165, 1.54) is 33.0 Å². The van der Waals surface area contributed by atoms with Gasteiger partial charge in [0.1, 0.15) is 0 Å². The van der Waals surface area contributed by atoms with Crippen molar-refractivity contribution < 1.29 is 0 Å². The second kappa shape index (κ2) is 6.00. The molecule has 0 radical (unpaired) electrons. The molecular weight excluding hydrogens is 274 g/mol. The molecule has 1 aromatic heterocycles. The normalized spacial score (nSPS) is 12.7. The molecule has 3 aromatic rings. The van der Waals surface area contributed by atoms with Gasteiger partial charge >= 0.3 is 0 Å². The SMILES string of the molecule is CCNC(c1cscc1C)c1c(C)ccc2ccccc12. The number of fused-ring (bicyclic) bond motifs is 1. The Balaban J connectivity index is 2.24. The van der Waals surface area contributed by atoms with E-state index in [1.54, 1.807) is 11.3 Å². The number of benzene rings is 2. The van der Waals surface area contributed by atoms with Crippen LogP contribution < -0.4 is 5.32 Å². The van der Waals surface area contributed by atoms with E-state index in [0.29, 0.717) is 0 Å². The minimum atomic E-state index is 0.271. The van der Waals surface area contributed by atoms with Gasteiger partial charge in [-0.3, -0.25) is 0 Å². The maximum Gasteiger partial charge on any atom is 0.0596 e. The van der Waals surface area contributed by atoms with Gasteiger partial charge in [0.25, 0.3) is 0 Å². The van der Waals surface area contributed by atoms with E-state index >= 15 is 0 Å². The highest BCUT2D eigenvalue weighted by Gasteiger charge is 2.20. The molecule has 2 heteroatoms. The zero-order valence-electron chi connectivity index (χ0n) is 12.8. The van der Waals surface area contributed by atoms with Crippen molar-refractivity contribution in [2.75, 3.05) is 6.54 Å². The zero-order valence-corrected chi connectivity index (χ0v) is 13.6. The fourth-order valence-electron chi connectivity index (χ4n) is 3.03. The van der Waals surface area contributed by atoms with E-state index in [1.807, 2.05) is 0 Å². The molecule has 108 valence electrons. The van der Waals surface area contributed by atoms with E-state index in [2.05, 4.69) is 73.2 Å². The van der Waals surface area contributed by atoms with Crippen molar-refractivity contribution in [3.05, 3.63) is 69.4 Å². The highest BCUT2D eigenvalue weighted by atomic mass is 32.1. The topological polar surface area (TPSA) is 12.0 Å². The van der Waals surface area contributed by atoms with Crippen LogP contribution in [0.5, 0.6) is 0 Å². The lowest BCUT2D eigenvalue weighted by Crippen LogP contribution is -2.23. The predicted octanol–water partition coefficient (Wildman–Crippen LogP) is 5.22. The molecule has 0 fully saturated rings. The standard InChI is InChI=1S/C19H21NS/c1-4-20-19(17-12-21-11-14(17)3)18-13(2)9-10-15-7-5-6-8-16(15)18/h5-12,19-20H,4H2,1-3H3. The predicted molar refractivity (Wildman–Crippen MR) is 93.3 cm³/mol. The molecule has 1 atom stereocenters. The van der Waals surface area contributed by atoms with E-state index in [9.17, 15) is 0 Å². The minimum Gasteiger partial charge on any atom is -0.306 e. The van der Waals surface area contributed by atoms with Crippen molar-refractivity contribution in [2.45, 2.75) is 26.8 Å². The maximum atomic E-state index is 3.68. The van der Waals surface area contributed by atoms with E-state index in [0.717, 1.165) is 6.54 Å². The van der Waals surface area contributed by atoms with Gasteiger partial charge in [-0.1, -0.05) is 43.3 Å². The van der Waals surface area contributed by atoms with Crippen LogP contribution >= 0.6 is 11.3 Å². The largest absolute Gasteiger partial charge is 0.306 e. The Morgan fingerprint density at radius 3 is 2.52 bits per heavy atom. The summed E-state index contributed by atoms with van der Waals surface area (Å²) in [5.74, 6) is 0. The third-order valence-corrected chi connectivity index (χ3v) is 4.97. The van der Waals surface area contributed by atoms with Crippen molar-refractivity contribution in [3.8, 4) is 0 Å². The number of nitrogens with one attached hydrogen (secondary N) is 1. The molecule has 0 saturated carbocycles. The van der Waals surface area contributed by atoms with Gasteiger partial charge in [-0.15, -0.1) is 0 Å². The summed E-state index contributed by atoms with van der Waals surface area (Å²) in [6.07, 6.45) is 0. The molecule has 2 aromatic carbocycles. The fourth-order valence-corrected chi connectivity index (χ4v) is 3.90. The molecule has 1 N–H and O–H groups in total. The number of hydrogen-bond donors (Lipinski definition) is 1. The smallest absolute Gasteiger partial charge is 0.0596 e. The van der Waals surface area contributed by atoms with Gasteiger partial charge in [0.15, 0.2) is 0 Å². The first-order valence-corrected chi connectivity index (χ1v) is 8.41. The van der Waals surface area contributed by atoms with Crippen molar-refractivity contribution in [1.29, 1.82) is 0 Å². The Kier molecular flexibility index (Phi) is 4.09. The van der Waals surface area contributed by atoms with Crippen LogP contribution in [0.1, 0.15) is 35.2 Å². The molecule has 0 aliphatic rings. The molecular formula is C19H21NS. The van der Waals surface area contributed by atoms with Crippen molar-refractivity contribution in [3.63, 3.8) is 0 Å². The van der Waals surface area contributed by atoms with Gasteiger partial charge in [0.05, 0.1) is 6.04 Å². The van der Waals surface area contributed by atoms with Gasteiger partial charge in [-0.2, -0.15) is 11.3 Å². The van der Waals surface area contributed by atoms with E-state index in [4.69, 9.17) is 0 Å². The molecule has 0 aliphatic carbocycles. The maximum absolute atomic E-state index is 3.68. The lowest BCUT2D eigenvalue weighted by atomic mass is 9.90. The summed E-state index contributed by atoms with van der Waals surface area (Å²) < 4.78 is 0. The monoisotopic (exact) mass is 295 g/mol. The van der Waals surface area contributed by atoms with Crippen molar-refractivity contribution >= 4 is 22.1 Å². The molecule has 0 spiro atoms. The highest BCUT2D eigenvalue weighted by molar-refractivity contribution is 7.08. The molecule has 0 saturated heterocycles. The van der Waals surface area contributed by atoms with E-state index in [-0.39, 0.29) is 6.04 Å². The molecule has 0 aliphatic heterocycles. The molecule has 0 amide bonds. The number of rotatable bonds is 4. The Morgan fingerprint density at radius 1 is 1.00 bits per heavy atom.